The average molecular weight is 263 g/mol. The smallest absolute Gasteiger partial charge is 0.280 e. The number of aromatic nitrogens is 4. The molecule has 2 aromatic heterocycles. The zero-order valence-corrected chi connectivity index (χ0v) is 10.9. The van der Waals surface area contributed by atoms with Gasteiger partial charge in [-0.1, -0.05) is 11.9 Å². The summed E-state index contributed by atoms with van der Waals surface area (Å²) in [6.45, 7) is 0.782. The maximum absolute atomic E-state index is 11.7. The Labute approximate surface area is 106 Å². The molecule has 0 spiro atoms. The first-order valence-electron chi connectivity index (χ1n) is 5.74. The van der Waals surface area contributed by atoms with Crippen LogP contribution in [0.5, 0.6) is 0 Å². The third kappa shape index (κ3) is 1.82. The van der Waals surface area contributed by atoms with E-state index in [9.17, 15) is 4.79 Å². The highest BCUT2D eigenvalue weighted by molar-refractivity contribution is 7.20. The van der Waals surface area contributed by atoms with Crippen LogP contribution >= 0.6 is 9.24 Å². The predicted molar refractivity (Wildman–Crippen MR) is 73.1 cm³/mol. The molecule has 0 radical (unpaired) electrons. The van der Waals surface area contributed by atoms with Gasteiger partial charge in [-0.3, -0.25) is 9.78 Å². The second-order valence-electron chi connectivity index (χ2n) is 4.72. The van der Waals surface area contributed by atoms with E-state index in [1.165, 1.54) is 0 Å². The minimum atomic E-state index is -0.289. The summed E-state index contributed by atoms with van der Waals surface area (Å²) < 4.78 is 1.90. The lowest BCUT2D eigenvalue weighted by Gasteiger charge is -2.11. The Kier molecular flexibility index (Phi) is 2.48. The van der Waals surface area contributed by atoms with Gasteiger partial charge in [0.1, 0.15) is 0 Å². The highest BCUT2D eigenvalue weighted by Gasteiger charge is 2.40. The molecular weight excluding hydrogens is 249 g/mol. The van der Waals surface area contributed by atoms with Crippen molar-refractivity contribution in [1.29, 1.82) is 0 Å². The first kappa shape index (κ1) is 11.4. The number of rotatable bonds is 3. The molecule has 6 nitrogen and oxygen atoms in total. The third-order valence-corrected chi connectivity index (χ3v) is 3.51. The van der Waals surface area contributed by atoms with Gasteiger partial charge in [0.05, 0.1) is 6.33 Å². The molecule has 1 unspecified atom stereocenters. The highest BCUT2D eigenvalue weighted by atomic mass is 31.0. The lowest BCUT2D eigenvalue weighted by molar-refractivity contribution is 0.525. The van der Waals surface area contributed by atoms with Gasteiger partial charge in [0.15, 0.2) is 11.2 Å². The van der Waals surface area contributed by atoms with E-state index in [1.807, 2.05) is 10.4 Å². The van der Waals surface area contributed by atoms with Crippen LogP contribution in [0.15, 0.2) is 23.0 Å². The first-order valence-corrected chi connectivity index (χ1v) is 6.40. The van der Waals surface area contributed by atoms with E-state index in [0.717, 1.165) is 19.4 Å². The second-order valence-corrected chi connectivity index (χ2v) is 5.10. The summed E-state index contributed by atoms with van der Waals surface area (Å²) in [6, 6.07) is 0. The molecule has 0 aliphatic heterocycles. The highest BCUT2D eigenvalue weighted by Crippen LogP contribution is 2.49. The predicted octanol–water partition coefficient (Wildman–Crippen LogP) is 0.871. The lowest BCUT2D eigenvalue weighted by Crippen LogP contribution is -2.14. The second kappa shape index (κ2) is 3.92. The maximum Gasteiger partial charge on any atom is 0.280 e. The van der Waals surface area contributed by atoms with Gasteiger partial charge in [0.2, 0.25) is 5.95 Å². The summed E-state index contributed by atoms with van der Waals surface area (Å²) in [7, 11) is 2.59. The molecule has 1 fully saturated rings. The van der Waals surface area contributed by atoms with Crippen molar-refractivity contribution >= 4 is 26.4 Å². The van der Waals surface area contributed by atoms with Crippen molar-refractivity contribution in [3.63, 3.8) is 0 Å². The SMILES string of the molecule is Nc1nc2c(ncn2CC2(/C=C/P)CC2)c(=O)[nH]1. The van der Waals surface area contributed by atoms with E-state index >= 15 is 0 Å². The number of nitrogens with two attached hydrogens (primary N) is 1. The van der Waals surface area contributed by atoms with Gasteiger partial charge >= 0.3 is 0 Å². The Morgan fingerprint density at radius 3 is 3.06 bits per heavy atom. The number of fused-ring (bicyclic) bond motifs is 1. The number of allylic oxidation sites excluding steroid dienone is 1. The van der Waals surface area contributed by atoms with Crippen molar-refractivity contribution in [3.05, 3.63) is 28.6 Å². The van der Waals surface area contributed by atoms with E-state index < -0.39 is 0 Å². The molecule has 1 saturated carbocycles. The Balaban J connectivity index is 2.06. The van der Waals surface area contributed by atoms with E-state index in [2.05, 4.69) is 30.3 Å². The maximum atomic E-state index is 11.7. The van der Waals surface area contributed by atoms with Crippen molar-refractivity contribution in [3.8, 4) is 0 Å². The molecule has 2 heterocycles. The Morgan fingerprint density at radius 1 is 1.61 bits per heavy atom. The Morgan fingerprint density at radius 2 is 2.39 bits per heavy atom. The number of hydrogen-bond donors (Lipinski definition) is 2. The van der Waals surface area contributed by atoms with Crippen LogP contribution in [0.3, 0.4) is 0 Å². The summed E-state index contributed by atoms with van der Waals surface area (Å²) in [4.78, 5) is 22.4. The lowest BCUT2D eigenvalue weighted by atomic mass is 10.1. The zero-order chi connectivity index (χ0) is 12.8. The first-order chi connectivity index (χ1) is 8.63. The Hall–Kier alpha value is -1.68. The minimum absolute atomic E-state index is 0.126. The summed E-state index contributed by atoms with van der Waals surface area (Å²) >= 11 is 0. The topological polar surface area (TPSA) is 89.6 Å². The molecular formula is C11H14N5OP. The number of nitrogens with one attached hydrogen (secondary N) is 1. The number of anilines is 1. The quantitative estimate of drug-likeness (QED) is 0.804. The normalized spacial score (nSPS) is 17.6. The van der Waals surface area contributed by atoms with E-state index in [-0.39, 0.29) is 16.9 Å². The molecule has 0 saturated heterocycles. The largest absolute Gasteiger partial charge is 0.369 e. The Bertz CT molecular complexity index is 682. The number of H-pyrrole nitrogens is 1. The fraction of sp³-hybridized carbons (Fsp3) is 0.364. The summed E-state index contributed by atoms with van der Waals surface area (Å²) in [5, 5.41) is 0. The van der Waals surface area contributed by atoms with Gasteiger partial charge in [-0.25, -0.2) is 4.98 Å². The zero-order valence-electron chi connectivity index (χ0n) is 9.76. The standard InChI is InChI=1S/C11H14N5OP/c12-10-14-8-7(9(17)15-10)13-6-16(8)5-11(1-2-11)3-4-18/h3-4,6H,1-2,5,18H2,(H3,12,14,15,17)/b4-3+. The average Bonchev–Trinajstić information content (AvgIpc) is 2.94. The third-order valence-electron chi connectivity index (χ3n) is 3.32. The van der Waals surface area contributed by atoms with Crippen molar-refractivity contribution in [1.82, 2.24) is 19.5 Å². The van der Waals surface area contributed by atoms with Gasteiger partial charge in [-0.15, -0.1) is 9.24 Å². The molecule has 1 aliphatic carbocycles. The van der Waals surface area contributed by atoms with Crippen molar-refractivity contribution in [2.45, 2.75) is 19.4 Å². The van der Waals surface area contributed by atoms with Crippen molar-refractivity contribution < 1.29 is 0 Å². The van der Waals surface area contributed by atoms with Crippen LogP contribution in [0.2, 0.25) is 0 Å². The number of nitrogens with zero attached hydrogens (tertiary/aromatic N) is 3. The number of aromatic amines is 1. The van der Waals surface area contributed by atoms with Crippen molar-refractivity contribution in [2.75, 3.05) is 5.73 Å². The number of hydrogen-bond acceptors (Lipinski definition) is 4. The van der Waals surface area contributed by atoms with Gasteiger partial charge in [0, 0.05) is 12.0 Å². The number of nitrogen functional groups attached to an aromatic ring is 1. The molecule has 7 heteroatoms. The number of imidazole rings is 1. The van der Waals surface area contributed by atoms with Crippen LogP contribution in [-0.2, 0) is 6.54 Å². The monoisotopic (exact) mass is 263 g/mol. The van der Waals surface area contributed by atoms with Crippen LogP contribution < -0.4 is 11.3 Å². The van der Waals surface area contributed by atoms with Gasteiger partial charge < -0.3 is 10.3 Å². The van der Waals surface area contributed by atoms with Crippen LogP contribution in [0.25, 0.3) is 11.2 Å². The van der Waals surface area contributed by atoms with Gasteiger partial charge in [0.25, 0.3) is 5.56 Å². The van der Waals surface area contributed by atoms with E-state index in [1.54, 1.807) is 6.33 Å². The van der Waals surface area contributed by atoms with Crippen LogP contribution in [-0.4, -0.2) is 19.5 Å². The molecule has 0 aromatic carbocycles. The molecule has 0 amide bonds. The summed E-state index contributed by atoms with van der Waals surface area (Å²) in [5.74, 6) is 2.11. The molecule has 1 aliphatic rings. The molecule has 1 atom stereocenters. The fourth-order valence-electron chi connectivity index (χ4n) is 2.17. The van der Waals surface area contributed by atoms with Gasteiger partial charge in [-0.05, 0) is 12.8 Å². The van der Waals surface area contributed by atoms with Crippen LogP contribution in [0, 0.1) is 5.41 Å². The molecule has 0 bridgehead atoms. The minimum Gasteiger partial charge on any atom is -0.369 e. The molecule has 3 N–H and O–H groups in total. The summed E-state index contributed by atoms with van der Waals surface area (Å²) in [5.41, 5.74) is 6.36. The molecule has 2 aromatic rings. The fourth-order valence-corrected chi connectivity index (χ4v) is 2.58. The van der Waals surface area contributed by atoms with Crippen molar-refractivity contribution in [2.24, 2.45) is 5.41 Å². The van der Waals surface area contributed by atoms with Crippen LogP contribution in [0.4, 0.5) is 5.95 Å². The van der Waals surface area contributed by atoms with Crippen LogP contribution in [0.1, 0.15) is 12.8 Å². The molecule has 3 rings (SSSR count). The van der Waals surface area contributed by atoms with E-state index in [0.29, 0.717) is 11.2 Å². The van der Waals surface area contributed by atoms with E-state index in [4.69, 9.17) is 5.73 Å². The molecule has 94 valence electrons. The summed E-state index contributed by atoms with van der Waals surface area (Å²) in [6.07, 6.45) is 6.13. The molecule has 18 heavy (non-hydrogen) atoms. The van der Waals surface area contributed by atoms with Gasteiger partial charge in [-0.2, -0.15) is 4.98 Å².